The van der Waals surface area contributed by atoms with E-state index in [1.807, 2.05) is 0 Å². The van der Waals surface area contributed by atoms with Crippen LogP contribution in [0.4, 0.5) is 14.5 Å². The molecule has 0 heterocycles. The van der Waals surface area contributed by atoms with E-state index < -0.39 is 21.5 Å². The third kappa shape index (κ3) is 2.32. The first kappa shape index (κ1) is 10.7. The minimum Gasteiger partial charge on any atom is -0.258 e. The average Bonchev–Trinajstić information content (AvgIpc) is 2.16. The highest BCUT2D eigenvalue weighted by atomic mass is 32.2. The fourth-order valence-corrected chi connectivity index (χ4v) is 1.48. The molecule has 0 bridgehead atoms. The molecule has 14 heavy (non-hydrogen) atoms. The van der Waals surface area contributed by atoms with Crippen molar-refractivity contribution in [2.45, 2.75) is 10.7 Å². The second kappa shape index (κ2) is 4.23. The summed E-state index contributed by atoms with van der Waals surface area (Å²) in [5.41, 5.74) is -0.350. The summed E-state index contributed by atoms with van der Waals surface area (Å²) in [6.45, 7) is 0. The molecule has 1 aromatic carbocycles. The van der Waals surface area contributed by atoms with E-state index in [1.165, 1.54) is 6.07 Å². The predicted octanol–water partition coefficient (Wildman–Crippen LogP) is 1.92. The number of halogens is 2. The van der Waals surface area contributed by atoms with Crippen LogP contribution in [0, 0.1) is 10.1 Å². The summed E-state index contributed by atoms with van der Waals surface area (Å²) >= 11 is 0. The van der Waals surface area contributed by atoms with Gasteiger partial charge in [0.2, 0.25) is 0 Å². The van der Waals surface area contributed by atoms with Crippen molar-refractivity contribution < 1.29 is 17.9 Å². The molecule has 0 saturated heterocycles. The number of benzene rings is 1. The van der Waals surface area contributed by atoms with Gasteiger partial charge in [0, 0.05) is 12.1 Å². The molecule has 0 aromatic heterocycles. The molecule has 0 amide bonds. The van der Waals surface area contributed by atoms with Crippen LogP contribution in [0.1, 0.15) is 0 Å². The molecule has 0 saturated carbocycles. The SMILES string of the molecule is O=[N+]([O-])c1cccc([S@@](=O)C(F)F)c1. The zero-order valence-electron chi connectivity index (χ0n) is 6.72. The largest absolute Gasteiger partial charge is 0.316 e. The molecule has 0 aliphatic carbocycles. The van der Waals surface area contributed by atoms with Crippen molar-refractivity contribution in [3.05, 3.63) is 34.4 Å². The van der Waals surface area contributed by atoms with E-state index in [0.29, 0.717) is 0 Å². The fraction of sp³-hybridized carbons (Fsp3) is 0.143. The molecule has 0 fully saturated rings. The average molecular weight is 221 g/mol. The summed E-state index contributed by atoms with van der Waals surface area (Å²) in [5.74, 6) is -3.03. The van der Waals surface area contributed by atoms with Gasteiger partial charge in [0.15, 0.2) is 0 Å². The number of hydrogen-bond acceptors (Lipinski definition) is 3. The number of non-ortho nitro benzene ring substituents is 1. The summed E-state index contributed by atoms with van der Waals surface area (Å²) in [4.78, 5) is 9.29. The molecular weight excluding hydrogens is 216 g/mol. The fourth-order valence-electron chi connectivity index (χ4n) is 0.825. The van der Waals surface area contributed by atoms with Gasteiger partial charge in [0.25, 0.3) is 5.69 Å². The highest BCUT2D eigenvalue weighted by Gasteiger charge is 2.17. The molecule has 0 aliphatic rings. The van der Waals surface area contributed by atoms with Crippen molar-refractivity contribution in [3.8, 4) is 0 Å². The van der Waals surface area contributed by atoms with Crippen molar-refractivity contribution in [2.75, 3.05) is 0 Å². The van der Waals surface area contributed by atoms with Crippen LogP contribution in [0.15, 0.2) is 29.2 Å². The summed E-state index contributed by atoms with van der Waals surface area (Å²) < 4.78 is 34.8. The maximum absolute atomic E-state index is 12.0. The zero-order valence-corrected chi connectivity index (χ0v) is 7.54. The van der Waals surface area contributed by atoms with Crippen LogP contribution in [0.2, 0.25) is 0 Å². The molecule has 1 aromatic rings. The van der Waals surface area contributed by atoms with Crippen LogP contribution in [0.25, 0.3) is 0 Å². The Hall–Kier alpha value is -1.37. The van der Waals surface area contributed by atoms with Crippen LogP contribution < -0.4 is 0 Å². The van der Waals surface area contributed by atoms with Crippen LogP contribution in [0.3, 0.4) is 0 Å². The normalized spacial score (nSPS) is 12.8. The van der Waals surface area contributed by atoms with Gasteiger partial charge in [0.1, 0.15) is 10.8 Å². The number of rotatable bonds is 3. The van der Waals surface area contributed by atoms with Crippen molar-refractivity contribution in [3.63, 3.8) is 0 Å². The van der Waals surface area contributed by atoms with E-state index in [4.69, 9.17) is 0 Å². The lowest BCUT2D eigenvalue weighted by Crippen LogP contribution is -2.02. The first-order chi connectivity index (χ1) is 6.52. The van der Waals surface area contributed by atoms with E-state index in [-0.39, 0.29) is 10.6 Å². The van der Waals surface area contributed by atoms with Crippen LogP contribution >= 0.6 is 0 Å². The summed E-state index contributed by atoms with van der Waals surface area (Å²) in [6, 6.07) is 4.40. The Morgan fingerprint density at radius 3 is 2.57 bits per heavy atom. The van der Waals surface area contributed by atoms with E-state index in [0.717, 1.165) is 18.2 Å². The molecule has 0 N–H and O–H groups in total. The second-order valence-electron chi connectivity index (χ2n) is 2.31. The third-order valence-corrected chi connectivity index (χ3v) is 2.46. The van der Waals surface area contributed by atoms with E-state index >= 15 is 0 Å². The van der Waals surface area contributed by atoms with Gasteiger partial charge in [-0.2, -0.15) is 8.78 Å². The van der Waals surface area contributed by atoms with Crippen molar-refractivity contribution in [1.82, 2.24) is 0 Å². The molecule has 0 radical (unpaired) electrons. The molecule has 76 valence electrons. The standard InChI is InChI=1S/C7H5F2NO3S/c8-7(9)14(13)6-3-1-2-5(4-6)10(11)12/h1-4,7H/t14-/m1/s1. The molecule has 1 rings (SSSR count). The third-order valence-electron chi connectivity index (χ3n) is 1.42. The number of nitro groups is 1. The maximum atomic E-state index is 12.0. The van der Waals surface area contributed by atoms with E-state index in [1.54, 1.807) is 0 Å². The number of nitrogens with zero attached hydrogens (tertiary/aromatic N) is 1. The summed E-state index contributed by atoms with van der Waals surface area (Å²) in [7, 11) is -2.50. The Kier molecular flexibility index (Phi) is 3.23. The first-order valence-electron chi connectivity index (χ1n) is 3.45. The lowest BCUT2D eigenvalue weighted by atomic mass is 10.3. The molecule has 0 unspecified atom stereocenters. The van der Waals surface area contributed by atoms with Gasteiger partial charge < -0.3 is 0 Å². The number of nitro benzene ring substituents is 1. The van der Waals surface area contributed by atoms with Gasteiger partial charge >= 0.3 is 5.76 Å². The monoisotopic (exact) mass is 221 g/mol. The molecule has 0 aliphatic heterocycles. The van der Waals surface area contributed by atoms with Gasteiger partial charge in [-0.15, -0.1) is 0 Å². The smallest absolute Gasteiger partial charge is 0.258 e. The van der Waals surface area contributed by atoms with Crippen molar-refractivity contribution >= 4 is 16.5 Å². The number of alkyl halides is 2. The Labute approximate surface area is 80.2 Å². The van der Waals surface area contributed by atoms with Crippen molar-refractivity contribution in [1.29, 1.82) is 0 Å². The lowest BCUT2D eigenvalue weighted by Gasteiger charge is -1.99. The zero-order chi connectivity index (χ0) is 10.7. The Balaban J connectivity index is 3.06. The Morgan fingerprint density at radius 2 is 2.07 bits per heavy atom. The van der Waals surface area contributed by atoms with Crippen LogP contribution in [0.5, 0.6) is 0 Å². The van der Waals surface area contributed by atoms with Gasteiger partial charge in [-0.25, -0.2) is 4.21 Å². The topological polar surface area (TPSA) is 60.2 Å². The first-order valence-corrected chi connectivity index (χ1v) is 4.67. The van der Waals surface area contributed by atoms with Crippen molar-refractivity contribution in [2.24, 2.45) is 0 Å². The van der Waals surface area contributed by atoms with Gasteiger partial charge in [0.05, 0.1) is 9.82 Å². The Morgan fingerprint density at radius 1 is 1.43 bits per heavy atom. The Bertz CT molecular complexity index is 383. The molecule has 0 spiro atoms. The van der Waals surface area contributed by atoms with Gasteiger partial charge in [-0.05, 0) is 6.07 Å². The molecular formula is C7H5F2NO3S. The van der Waals surface area contributed by atoms with E-state index in [2.05, 4.69) is 0 Å². The molecule has 7 heteroatoms. The predicted molar refractivity (Wildman–Crippen MR) is 45.5 cm³/mol. The molecule has 1 atom stereocenters. The highest BCUT2D eigenvalue weighted by molar-refractivity contribution is 7.85. The highest BCUT2D eigenvalue weighted by Crippen LogP contribution is 2.19. The quantitative estimate of drug-likeness (QED) is 0.578. The maximum Gasteiger partial charge on any atom is 0.316 e. The van der Waals surface area contributed by atoms with Gasteiger partial charge in [-0.3, -0.25) is 10.1 Å². The summed E-state index contributed by atoms with van der Waals surface area (Å²) in [6.07, 6.45) is 0. The molecule has 4 nitrogen and oxygen atoms in total. The minimum atomic E-state index is -3.03. The second-order valence-corrected chi connectivity index (χ2v) is 3.74. The number of hydrogen-bond donors (Lipinski definition) is 0. The van der Waals surface area contributed by atoms with Crippen LogP contribution in [-0.4, -0.2) is 14.9 Å². The van der Waals surface area contributed by atoms with Crippen LogP contribution in [-0.2, 0) is 10.8 Å². The van der Waals surface area contributed by atoms with E-state index in [9.17, 15) is 23.1 Å². The van der Waals surface area contributed by atoms with Gasteiger partial charge in [-0.1, -0.05) is 6.07 Å². The lowest BCUT2D eigenvalue weighted by molar-refractivity contribution is -0.385. The summed E-state index contributed by atoms with van der Waals surface area (Å²) in [5, 5.41) is 10.3. The minimum absolute atomic E-state index is 0.241.